The van der Waals surface area contributed by atoms with Gasteiger partial charge in [0.2, 0.25) is 5.79 Å². The smallest absolute Gasteiger partial charge is 0.329 e. The molecule has 4 rings (SSSR count). The van der Waals surface area contributed by atoms with Gasteiger partial charge in [-0.2, -0.15) is 0 Å². The second kappa shape index (κ2) is 21.7. The predicted molar refractivity (Wildman–Crippen MR) is 217 cm³/mol. The highest BCUT2D eigenvalue weighted by molar-refractivity contribution is 6.39. The third kappa shape index (κ3) is 11.5. The zero-order valence-corrected chi connectivity index (χ0v) is 36.1. The molecule has 0 aromatic heterocycles. The van der Waals surface area contributed by atoms with Crippen LogP contribution in [0.4, 0.5) is 0 Å². The molecule has 2 bridgehead atoms. The van der Waals surface area contributed by atoms with Gasteiger partial charge in [0.25, 0.3) is 11.7 Å². The number of esters is 1. The van der Waals surface area contributed by atoms with Crippen LogP contribution in [0.25, 0.3) is 0 Å². The van der Waals surface area contributed by atoms with Crippen molar-refractivity contribution >= 4 is 23.4 Å². The number of ketones is 2. The van der Waals surface area contributed by atoms with Crippen LogP contribution in [0.5, 0.6) is 0 Å². The summed E-state index contributed by atoms with van der Waals surface area (Å²) in [5.74, 6) is -7.04. The third-order valence-corrected chi connectivity index (χ3v) is 13.2. The first-order chi connectivity index (χ1) is 27.5. The van der Waals surface area contributed by atoms with E-state index in [1.54, 1.807) is 27.0 Å². The average molecular weight is 818 g/mol. The van der Waals surface area contributed by atoms with E-state index in [0.717, 1.165) is 6.42 Å². The van der Waals surface area contributed by atoms with Crippen molar-refractivity contribution < 1.29 is 58.2 Å². The van der Waals surface area contributed by atoms with Crippen LogP contribution in [0.2, 0.25) is 0 Å². The number of amides is 1. The minimum atomic E-state index is -2.51. The number of piperidine rings is 1. The molecule has 0 spiro atoms. The lowest BCUT2D eigenvalue weighted by Crippen LogP contribution is -2.64. The van der Waals surface area contributed by atoms with Crippen LogP contribution in [0, 0.1) is 29.6 Å². The second-order valence-electron chi connectivity index (χ2n) is 17.7. The molecule has 0 aromatic rings. The Bertz CT molecular complexity index is 1500. The SMILES string of the molecule is C=CC/C1=C\C(C)CC(C)CC(OC)C2OC(O)(C(=O)C(=O)N3CCCCC3C(=O)OC(C(C)=CCC3CCC(O)C(OC)C3)C(C)C(O)CC1=O)C(C)CC2OC. The van der Waals surface area contributed by atoms with Gasteiger partial charge in [-0.3, -0.25) is 14.4 Å². The van der Waals surface area contributed by atoms with E-state index in [1.807, 2.05) is 26.0 Å². The van der Waals surface area contributed by atoms with Crippen molar-refractivity contribution in [3.8, 4) is 0 Å². The van der Waals surface area contributed by atoms with E-state index in [2.05, 4.69) is 13.5 Å². The molecule has 0 aromatic carbocycles. The van der Waals surface area contributed by atoms with Crippen LogP contribution in [0.1, 0.15) is 112 Å². The summed E-state index contributed by atoms with van der Waals surface area (Å²) < 4.78 is 29.8. The van der Waals surface area contributed by atoms with Crippen molar-refractivity contribution in [1.29, 1.82) is 0 Å². The lowest BCUT2D eigenvalue weighted by Gasteiger charge is -2.47. The van der Waals surface area contributed by atoms with Gasteiger partial charge in [0.1, 0.15) is 18.2 Å². The summed E-state index contributed by atoms with van der Waals surface area (Å²) in [5.41, 5.74) is 1.21. The van der Waals surface area contributed by atoms with Gasteiger partial charge in [0.05, 0.1) is 30.5 Å². The molecule has 13 nitrogen and oxygen atoms in total. The molecule has 58 heavy (non-hydrogen) atoms. The number of hydrogen-bond donors (Lipinski definition) is 3. The lowest BCUT2D eigenvalue weighted by atomic mass is 9.81. The zero-order valence-electron chi connectivity index (χ0n) is 36.1. The summed E-state index contributed by atoms with van der Waals surface area (Å²) in [6.07, 6.45) is 6.04. The van der Waals surface area contributed by atoms with E-state index in [0.29, 0.717) is 62.5 Å². The van der Waals surface area contributed by atoms with Gasteiger partial charge in [-0.1, -0.05) is 45.9 Å². The quantitative estimate of drug-likeness (QED) is 0.169. The molecule has 3 fully saturated rings. The molecule has 14 atom stereocenters. The number of ether oxygens (including phenoxy) is 5. The van der Waals surface area contributed by atoms with Crippen LogP contribution in [-0.4, -0.2) is 126 Å². The predicted octanol–water partition coefficient (Wildman–Crippen LogP) is 5.03. The summed E-state index contributed by atoms with van der Waals surface area (Å²) in [4.78, 5) is 57.8. The lowest BCUT2D eigenvalue weighted by molar-refractivity contribution is -0.302. The molecule has 1 amide bonds. The fourth-order valence-electron chi connectivity index (χ4n) is 9.56. The van der Waals surface area contributed by atoms with Gasteiger partial charge < -0.3 is 43.9 Å². The van der Waals surface area contributed by atoms with Crippen LogP contribution in [0.3, 0.4) is 0 Å². The Morgan fingerprint density at radius 1 is 0.914 bits per heavy atom. The first kappa shape index (κ1) is 47.9. The van der Waals surface area contributed by atoms with Crippen LogP contribution < -0.4 is 0 Å². The van der Waals surface area contributed by atoms with Gasteiger partial charge >= 0.3 is 5.97 Å². The number of Topliss-reactive ketones (excluding diaryl/α,β-unsaturated/α-hetero) is 2. The van der Waals surface area contributed by atoms with Gasteiger partial charge in [0.15, 0.2) is 5.78 Å². The number of allylic oxidation sites excluding steroid dienone is 4. The maximum Gasteiger partial charge on any atom is 0.329 e. The largest absolute Gasteiger partial charge is 0.456 e. The summed E-state index contributed by atoms with van der Waals surface area (Å²) in [6.45, 7) is 13.2. The van der Waals surface area contributed by atoms with Crippen molar-refractivity contribution in [2.75, 3.05) is 27.9 Å². The number of carbonyl (C=O) groups excluding carboxylic acids is 4. The molecule has 3 N–H and O–H groups in total. The van der Waals surface area contributed by atoms with E-state index >= 15 is 0 Å². The Labute approximate surface area is 345 Å². The Morgan fingerprint density at radius 3 is 2.24 bits per heavy atom. The van der Waals surface area contributed by atoms with Crippen molar-refractivity contribution in [3.63, 3.8) is 0 Å². The molecule has 4 aliphatic rings. The standard InChI is InChI=1S/C45H71NO12/c1-10-13-32-21-26(2)20-27(3)22-38(55-8)41-39(56-9)23-29(5)45(53,58-41)42(50)43(51)46-19-12-11-14-33(46)44(52)57-40(30(6)35(48)25-36(32)49)28(4)15-16-31-17-18-34(47)37(24-31)54-7/h10,15,21,26-27,29-31,33-35,37-41,47-48,53H,1,11-14,16-20,22-25H2,2-9H3/b28-15?,32-21+. The first-order valence-corrected chi connectivity index (χ1v) is 21.4. The summed E-state index contributed by atoms with van der Waals surface area (Å²) in [6, 6.07) is -1.14. The third-order valence-electron chi connectivity index (χ3n) is 13.2. The van der Waals surface area contributed by atoms with Crippen molar-refractivity contribution in [2.45, 2.75) is 166 Å². The van der Waals surface area contributed by atoms with Crippen molar-refractivity contribution in [2.24, 2.45) is 29.6 Å². The van der Waals surface area contributed by atoms with E-state index in [1.165, 1.54) is 19.1 Å². The normalized spacial score (nSPS) is 40.5. The average Bonchev–Trinajstić information content (AvgIpc) is 3.20. The summed E-state index contributed by atoms with van der Waals surface area (Å²) >= 11 is 0. The van der Waals surface area contributed by atoms with E-state index < -0.39 is 77.9 Å². The zero-order chi connectivity index (χ0) is 42.9. The Balaban J connectivity index is 1.75. The Hall–Kier alpha value is -2.78. The number of aliphatic hydroxyl groups is 3. The molecule has 0 radical (unpaired) electrons. The molecular formula is C45H71NO12. The maximum atomic E-state index is 14.3. The van der Waals surface area contributed by atoms with E-state index in [9.17, 15) is 34.5 Å². The minimum absolute atomic E-state index is 0.0359. The number of rotatable bonds is 8. The number of hydrogen-bond acceptors (Lipinski definition) is 12. The monoisotopic (exact) mass is 817 g/mol. The molecule has 328 valence electrons. The van der Waals surface area contributed by atoms with Crippen molar-refractivity contribution in [1.82, 2.24) is 4.90 Å². The molecular weight excluding hydrogens is 746 g/mol. The second-order valence-corrected chi connectivity index (χ2v) is 17.7. The maximum absolute atomic E-state index is 14.3. The number of carbonyl (C=O) groups is 4. The number of aliphatic hydroxyl groups excluding tert-OH is 2. The van der Waals surface area contributed by atoms with E-state index in [4.69, 9.17) is 23.7 Å². The molecule has 2 saturated heterocycles. The molecule has 3 aliphatic heterocycles. The summed E-state index contributed by atoms with van der Waals surface area (Å²) in [7, 11) is 4.65. The summed E-state index contributed by atoms with van der Waals surface area (Å²) in [5, 5.41) is 34.1. The Kier molecular flexibility index (Phi) is 17.9. The number of nitrogens with zero attached hydrogens (tertiary/aromatic N) is 1. The number of methoxy groups -OCH3 is 3. The van der Waals surface area contributed by atoms with Crippen LogP contribution >= 0.6 is 0 Å². The number of fused-ring (bicyclic) bond motifs is 3. The van der Waals surface area contributed by atoms with Crippen LogP contribution in [-0.2, 0) is 42.9 Å². The van der Waals surface area contributed by atoms with Gasteiger partial charge in [-0.05, 0) is 106 Å². The van der Waals surface area contributed by atoms with Gasteiger partial charge in [-0.25, -0.2) is 4.79 Å². The number of cyclic esters (lactones) is 1. The van der Waals surface area contributed by atoms with Crippen molar-refractivity contribution in [3.05, 3.63) is 36.0 Å². The minimum Gasteiger partial charge on any atom is -0.456 e. The van der Waals surface area contributed by atoms with Gasteiger partial charge in [0, 0.05) is 46.1 Å². The molecule has 14 unspecified atom stereocenters. The topological polar surface area (TPSA) is 178 Å². The van der Waals surface area contributed by atoms with Crippen LogP contribution in [0.15, 0.2) is 36.0 Å². The Morgan fingerprint density at radius 2 is 1.59 bits per heavy atom. The van der Waals surface area contributed by atoms with E-state index in [-0.39, 0.29) is 55.4 Å². The highest BCUT2D eigenvalue weighted by Crippen LogP contribution is 2.39. The molecule has 13 heteroatoms. The fraction of sp³-hybridized carbons (Fsp3) is 0.778. The van der Waals surface area contributed by atoms with Gasteiger partial charge in [-0.15, -0.1) is 6.58 Å². The highest BCUT2D eigenvalue weighted by Gasteiger charge is 2.56. The molecule has 1 aliphatic carbocycles. The fourth-order valence-corrected chi connectivity index (χ4v) is 9.56. The molecule has 1 saturated carbocycles. The molecule has 3 heterocycles. The highest BCUT2D eigenvalue weighted by atomic mass is 16.7. The first-order valence-electron chi connectivity index (χ1n) is 21.4.